The van der Waals surface area contributed by atoms with Crippen molar-refractivity contribution in [1.82, 2.24) is 9.88 Å². The molecule has 29 heavy (non-hydrogen) atoms. The lowest BCUT2D eigenvalue weighted by atomic mass is 10.2. The van der Waals surface area contributed by atoms with E-state index in [4.69, 9.17) is 0 Å². The van der Waals surface area contributed by atoms with E-state index in [1.54, 1.807) is 19.3 Å². The third kappa shape index (κ3) is 3.75. The molecule has 1 aromatic carbocycles. The standard InChI is InChI=1S/C17H15F3N4O4S/c1-21-14-8-22-7-6-11(14)9-23-10-15(25)24(16(23)26)12-2-4-13(5-3-12)29(27,28)17(18,19)20/h2-8,21H,9-10H2,1H3. The van der Waals surface area contributed by atoms with E-state index in [-0.39, 0.29) is 18.8 Å². The molecule has 1 aliphatic rings. The van der Waals surface area contributed by atoms with Crippen molar-refractivity contribution >= 4 is 33.2 Å². The summed E-state index contributed by atoms with van der Waals surface area (Å²) in [7, 11) is -3.83. The van der Waals surface area contributed by atoms with E-state index in [1.807, 2.05) is 0 Å². The lowest BCUT2D eigenvalue weighted by molar-refractivity contribution is -0.116. The van der Waals surface area contributed by atoms with Gasteiger partial charge in [0.25, 0.3) is 15.7 Å². The predicted octanol–water partition coefficient (Wildman–Crippen LogP) is 2.39. The topological polar surface area (TPSA) is 99.7 Å². The number of pyridine rings is 1. The van der Waals surface area contributed by atoms with Crippen LogP contribution in [0.1, 0.15) is 5.56 Å². The number of alkyl halides is 3. The van der Waals surface area contributed by atoms with Gasteiger partial charge in [0.15, 0.2) is 0 Å². The Bertz CT molecular complexity index is 1060. The van der Waals surface area contributed by atoms with Gasteiger partial charge in [-0.2, -0.15) is 13.2 Å². The van der Waals surface area contributed by atoms with Crippen LogP contribution in [0.2, 0.25) is 0 Å². The van der Waals surface area contributed by atoms with Crippen molar-refractivity contribution in [3.63, 3.8) is 0 Å². The van der Waals surface area contributed by atoms with Gasteiger partial charge in [0.05, 0.1) is 29.0 Å². The van der Waals surface area contributed by atoms with Crippen molar-refractivity contribution in [3.8, 4) is 0 Å². The lowest BCUT2D eigenvalue weighted by Crippen LogP contribution is -2.33. The van der Waals surface area contributed by atoms with Crippen LogP contribution in [0.25, 0.3) is 0 Å². The molecule has 0 aliphatic carbocycles. The largest absolute Gasteiger partial charge is 0.501 e. The number of aromatic nitrogens is 1. The molecule has 0 bridgehead atoms. The van der Waals surface area contributed by atoms with Gasteiger partial charge in [-0.05, 0) is 35.9 Å². The van der Waals surface area contributed by atoms with Crippen molar-refractivity contribution < 1.29 is 31.2 Å². The molecule has 1 saturated heterocycles. The first-order valence-corrected chi connectivity index (χ1v) is 9.68. The average molecular weight is 428 g/mol. The number of sulfone groups is 1. The third-order valence-electron chi connectivity index (χ3n) is 4.29. The summed E-state index contributed by atoms with van der Waals surface area (Å²) in [6.07, 6.45) is 3.10. The van der Waals surface area contributed by atoms with Crippen LogP contribution in [-0.2, 0) is 21.2 Å². The highest BCUT2D eigenvalue weighted by molar-refractivity contribution is 7.92. The summed E-state index contributed by atoms with van der Waals surface area (Å²) < 4.78 is 60.8. The monoisotopic (exact) mass is 428 g/mol. The van der Waals surface area contributed by atoms with Gasteiger partial charge in [-0.15, -0.1) is 0 Å². The van der Waals surface area contributed by atoms with Gasteiger partial charge in [0.2, 0.25) is 0 Å². The lowest BCUT2D eigenvalue weighted by Gasteiger charge is -2.18. The molecule has 12 heteroatoms. The zero-order valence-electron chi connectivity index (χ0n) is 15.0. The first-order valence-electron chi connectivity index (χ1n) is 8.20. The second kappa shape index (κ2) is 7.35. The van der Waals surface area contributed by atoms with Gasteiger partial charge >= 0.3 is 11.5 Å². The SMILES string of the molecule is CNc1cnccc1CN1CC(=O)N(c2ccc(S(=O)(=O)C(F)(F)F)cc2)C1=O. The summed E-state index contributed by atoms with van der Waals surface area (Å²) in [5, 5.41) is 2.92. The highest BCUT2D eigenvalue weighted by atomic mass is 32.2. The van der Waals surface area contributed by atoms with Gasteiger partial charge < -0.3 is 10.2 Å². The zero-order valence-corrected chi connectivity index (χ0v) is 15.8. The van der Waals surface area contributed by atoms with E-state index in [0.717, 1.165) is 22.6 Å². The highest BCUT2D eigenvalue weighted by Gasteiger charge is 2.47. The number of halogens is 3. The number of rotatable bonds is 5. The second-order valence-corrected chi connectivity index (χ2v) is 8.03. The van der Waals surface area contributed by atoms with Crippen LogP contribution in [0.5, 0.6) is 0 Å². The van der Waals surface area contributed by atoms with Gasteiger partial charge in [0.1, 0.15) is 6.54 Å². The van der Waals surface area contributed by atoms with E-state index in [1.165, 1.54) is 11.1 Å². The van der Waals surface area contributed by atoms with Crippen LogP contribution in [0, 0.1) is 0 Å². The molecular formula is C17H15F3N4O4S. The molecule has 1 aliphatic heterocycles. The van der Waals surface area contributed by atoms with Gasteiger partial charge in [-0.25, -0.2) is 18.1 Å². The molecule has 2 heterocycles. The summed E-state index contributed by atoms with van der Waals surface area (Å²) in [5.74, 6) is -0.582. The maximum atomic E-state index is 12.7. The summed E-state index contributed by atoms with van der Waals surface area (Å²) in [6, 6.07) is 4.42. The Kier molecular flexibility index (Phi) is 5.22. The number of imide groups is 1. The van der Waals surface area contributed by atoms with Crippen LogP contribution in [0.3, 0.4) is 0 Å². The maximum absolute atomic E-state index is 12.7. The molecule has 3 amide bonds. The quantitative estimate of drug-likeness (QED) is 0.735. The van der Waals surface area contributed by atoms with E-state index in [0.29, 0.717) is 17.8 Å². The van der Waals surface area contributed by atoms with Gasteiger partial charge in [-0.1, -0.05) is 0 Å². The molecule has 0 unspecified atom stereocenters. The number of urea groups is 1. The maximum Gasteiger partial charge on any atom is 0.501 e. The highest BCUT2D eigenvalue weighted by Crippen LogP contribution is 2.32. The third-order valence-corrected chi connectivity index (χ3v) is 5.79. The van der Waals surface area contributed by atoms with Crippen LogP contribution in [0.4, 0.5) is 29.3 Å². The molecule has 1 aromatic heterocycles. The summed E-state index contributed by atoms with van der Waals surface area (Å²) in [4.78, 5) is 30.0. The summed E-state index contributed by atoms with van der Waals surface area (Å²) in [5.41, 5.74) is -4.07. The van der Waals surface area contributed by atoms with Crippen molar-refractivity contribution in [2.24, 2.45) is 0 Å². The minimum absolute atomic E-state index is 0.0211. The fourth-order valence-electron chi connectivity index (χ4n) is 2.83. The number of benzene rings is 1. The number of hydrogen-bond donors (Lipinski definition) is 1. The molecule has 0 saturated carbocycles. The van der Waals surface area contributed by atoms with Crippen LogP contribution in [-0.4, -0.2) is 49.3 Å². The molecule has 8 nitrogen and oxygen atoms in total. The normalized spacial score (nSPS) is 15.2. The van der Waals surface area contributed by atoms with Crippen LogP contribution >= 0.6 is 0 Å². The van der Waals surface area contributed by atoms with Gasteiger partial charge in [-0.3, -0.25) is 9.78 Å². The second-order valence-electron chi connectivity index (χ2n) is 6.09. The number of carbonyl (C=O) groups excluding carboxylic acids is 2. The number of nitrogens with one attached hydrogen (secondary N) is 1. The van der Waals surface area contributed by atoms with E-state index < -0.39 is 32.2 Å². The molecule has 0 spiro atoms. The Hall–Kier alpha value is -3.15. The van der Waals surface area contributed by atoms with Gasteiger partial charge in [0, 0.05) is 13.2 Å². The van der Waals surface area contributed by atoms with E-state index in [9.17, 15) is 31.2 Å². The molecule has 3 rings (SSSR count). The molecule has 154 valence electrons. The molecule has 0 atom stereocenters. The molecule has 1 N–H and O–H groups in total. The molecule has 1 fully saturated rings. The predicted molar refractivity (Wildman–Crippen MR) is 96.8 cm³/mol. The number of anilines is 2. The van der Waals surface area contributed by atoms with Crippen molar-refractivity contribution in [2.75, 3.05) is 23.8 Å². The summed E-state index contributed by atoms with van der Waals surface area (Å²) >= 11 is 0. The van der Waals surface area contributed by atoms with Crippen molar-refractivity contribution in [1.29, 1.82) is 0 Å². The summed E-state index contributed by atoms with van der Waals surface area (Å²) in [6.45, 7) is -0.118. The van der Waals surface area contributed by atoms with Crippen LogP contribution < -0.4 is 10.2 Å². The Morgan fingerprint density at radius 3 is 2.38 bits per heavy atom. The van der Waals surface area contributed by atoms with E-state index >= 15 is 0 Å². The fraction of sp³-hybridized carbons (Fsp3) is 0.235. The minimum Gasteiger partial charge on any atom is -0.387 e. The molecule has 2 aromatic rings. The smallest absolute Gasteiger partial charge is 0.387 e. The number of amides is 3. The van der Waals surface area contributed by atoms with E-state index in [2.05, 4.69) is 10.3 Å². The minimum atomic E-state index is -5.51. The van der Waals surface area contributed by atoms with Crippen molar-refractivity contribution in [2.45, 2.75) is 16.9 Å². The molecular weight excluding hydrogens is 413 g/mol. The zero-order chi connectivity index (χ0) is 21.4. The molecule has 0 radical (unpaired) electrons. The number of nitrogens with zero attached hydrogens (tertiary/aromatic N) is 3. The van der Waals surface area contributed by atoms with Crippen LogP contribution in [0.15, 0.2) is 47.6 Å². The first-order chi connectivity index (χ1) is 13.6. The Labute approximate surface area is 163 Å². The Morgan fingerprint density at radius 2 is 1.79 bits per heavy atom. The fourth-order valence-corrected chi connectivity index (χ4v) is 3.59. The van der Waals surface area contributed by atoms with Crippen molar-refractivity contribution in [3.05, 3.63) is 48.3 Å². The number of hydrogen-bond acceptors (Lipinski definition) is 6. The first kappa shape index (κ1) is 20.6. The number of carbonyl (C=O) groups is 2. The Balaban J connectivity index is 1.83. The average Bonchev–Trinajstić information content (AvgIpc) is 2.94. The Morgan fingerprint density at radius 1 is 1.14 bits per heavy atom.